The van der Waals surface area contributed by atoms with Crippen molar-refractivity contribution in [3.05, 3.63) is 0 Å². The Morgan fingerprint density at radius 1 is 0.900 bits per heavy atom. The first-order chi connectivity index (χ1) is 9.70. The molecule has 1 aliphatic rings. The number of hydrogen-bond donors (Lipinski definition) is 1. The van der Waals surface area contributed by atoms with Gasteiger partial charge in [-0.1, -0.05) is 59.3 Å². The molecule has 122 valence electrons. The third kappa shape index (κ3) is 14.3. The summed E-state index contributed by atoms with van der Waals surface area (Å²) in [5, 5.41) is 9.08. The molecule has 0 spiro atoms. The van der Waals surface area contributed by atoms with Gasteiger partial charge in [0.25, 0.3) is 0 Å². The first-order valence-electron chi connectivity index (χ1n) is 8.63. The van der Waals surface area contributed by atoms with Crippen LogP contribution < -0.4 is 0 Å². The Morgan fingerprint density at radius 2 is 1.45 bits per heavy atom. The molecule has 0 saturated heterocycles. The predicted molar refractivity (Wildman–Crippen MR) is 84.6 cm³/mol. The summed E-state index contributed by atoms with van der Waals surface area (Å²) in [5.41, 5.74) is 0. The van der Waals surface area contributed by atoms with Gasteiger partial charge in [0.15, 0.2) is 0 Å². The Kier molecular flexibility index (Phi) is 15.2. The fourth-order valence-corrected chi connectivity index (χ4v) is 2.34. The summed E-state index contributed by atoms with van der Waals surface area (Å²) in [6.07, 6.45) is 11.8. The van der Waals surface area contributed by atoms with E-state index in [4.69, 9.17) is 14.9 Å². The van der Waals surface area contributed by atoms with E-state index in [-0.39, 0.29) is 6.10 Å². The Hall–Kier alpha value is -0.120. The van der Waals surface area contributed by atoms with Crippen molar-refractivity contribution in [2.24, 2.45) is 5.92 Å². The molecular weight excluding hydrogens is 252 g/mol. The molecule has 1 N–H and O–H groups in total. The van der Waals surface area contributed by atoms with Gasteiger partial charge in [-0.05, 0) is 31.6 Å². The lowest BCUT2D eigenvalue weighted by molar-refractivity contribution is -0.295. The normalized spacial score (nSPS) is 22.2. The maximum absolute atomic E-state index is 9.08. The first kappa shape index (κ1) is 19.9. The van der Waals surface area contributed by atoms with Crippen molar-refractivity contribution in [2.75, 3.05) is 13.2 Å². The van der Waals surface area contributed by atoms with Gasteiger partial charge in [0.05, 0.1) is 19.3 Å². The molecule has 2 unspecified atom stereocenters. The highest BCUT2D eigenvalue weighted by molar-refractivity contribution is 4.67. The molecule has 0 heterocycles. The maximum Gasteiger partial charge on any atom is 0.0822 e. The molecule has 0 aliphatic heterocycles. The smallest absolute Gasteiger partial charge is 0.0822 e. The highest BCUT2D eigenvalue weighted by atomic mass is 17.2. The lowest BCUT2D eigenvalue weighted by atomic mass is 9.89. The lowest BCUT2D eigenvalue weighted by Gasteiger charge is -2.21. The highest BCUT2D eigenvalue weighted by Gasteiger charge is 2.15. The number of hydrogen-bond acceptors (Lipinski definition) is 3. The molecule has 0 amide bonds. The van der Waals surface area contributed by atoms with Crippen LogP contribution in [0, 0.1) is 5.92 Å². The minimum Gasteiger partial charge on any atom is -0.393 e. The topological polar surface area (TPSA) is 38.7 Å². The van der Waals surface area contributed by atoms with Crippen molar-refractivity contribution in [1.29, 1.82) is 0 Å². The fraction of sp³-hybridized carbons (Fsp3) is 1.00. The third-order valence-corrected chi connectivity index (χ3v) is 3.65. The Labute approximate surface area is 126 Å². The molecule has 0 aromatic carbocycles. The molecule has 3 nitrogen and oxygen atoms in total. The molecule has 0 aromatic rings. The molecule has 0 aromatic heterocycles. The summed E-state index contributed by atoms with van der Waals surface area (Å²) >= 11 is 0. The monoisotopic (exact) mass is 288 g/mol. The summed E-state index contributed by atoms with van der Waals surface area (Å²) in [6.45, 7) is 8.08. The predicted octanol–water partition coefficient (Wildman–Crippen LogP) is 4.87. The molecule has 1 fully saturated rings. The quantitative estimate of drug-likeness (QED) is 0.373. The number of rotatable bonds is 9. The summed E-state index contributed by atoms with van der Waals surface area (Å²) in [4.78, 5) is 9.96. The summed E-state index contributed by atoms with van der Waals surface area (Å²) in [5.74, 6) is 0.763. The van der Waals surface area contributed by atoms with E-state index >= 15 is 0 Å². The molecule has 1 rings (SSSR count). The fourth-order valence-electron chi connectivity index (χ4n) is 2.34. The van der Waals surface area contributed by atoms with Crippen molar-refractivity contribution in [3.63, 3.8) is 0 Å². The van der Waals surface area contributed by atoms with Crippen molar-refractivity contribution >= 4 is 0 Å². The van der Waals surface area contributed by atoms with Crippen LogP contribution in [0.1, 0.15) is 85.0 Å². The number of unbranched alkanes of at least 4 members (excludes halogenated alkanes) is 4. The largest absolute Gasteiger partial charge is 0.393 e. The van der Waals surface area contributed by atoms with Crippen LogP contribution in [0.3, 0.4) is 0 Å². The molecule has 2 atom stereocenters. The zero-order valence-electron chi connectivity index (χ0n) is 13.9. The number of aliphatic hydroxyl groups excluding tert-OH is 1. The zero-order chi connectivity index (χ0) is 15.1. The van der Waals surface area contributed by atoms with Gasteiger partial charge in [0.2, 0.25) is 0 Å². The van der Waals surface area contributed by atoms with Crippen LogP contribution in [-0.2, 0) is 9.78 Å². The van der Waals surface area contributed by atoms with Crippen LogP contribution in [-0.4, -0.2) is 24.4 Å². The minimum atomic E-state index is 0.0127. The van der Waals surface area contributed by atoms with Crippen LogP contribution in [0.25, 0.3) is 0 Å². The second-order valence-corrected chi connectivity index (χ2v) is 5.98. The van der Waals surface area contributed by atoms with Crippen molar-refractivity contribution in [3.8, 4) is 0 Å². The van der Waals surface area contributed by atoms with Gasteiger partial charge < -0.3 is 5.11 Å². The SMILES string of the molecule is CC1CCCC(O)C1.CCCCCOOCCCCC. The van der Waals surface area contributed by atoms with E-state index in [1.165, 1.54) is 38.5 Å². The average molecular weight is 288 g/mol. The highest BCUT2D eigenvalue weighted by Crippen LogP contribution is 2.22. The van der Waals surface area contributed by atoms with Crippen molar-refractivity contribution in [1.82, 2.24) is 0 Å². The van der Waals surface area contributed by atoms with Gasteiger partial charge >= 0.3 is 0 Å². The van der Waals surface area contributed by atoms with Gasteiger partial charge in [-0.3, -0.25) is 0 Å². The van der Waals surface area contributed by atoms with Crippen LogP contribution >= 0.6 is 0 Å². The Balaban J connectivity index is 0.000000388. The van der Waals surface area contributed by atoms with Gasteiger partial charge in [-0.15, -0.1) is 0 Å². The van der Waals surface area contributed by atoms with Gasteiger partial charge in [-0.25, -0.2) is 9.78 Å². The number of aliphatic hydroxyl groups is 1. The minimum absolute atomic E-state index is 0.0127. The maximum atomic E-state index is 9.08. The Bertz CT molecular complexity index is 167. The van der Waals surface area contributed by atoms with E-state index < -0.39 is 0 Å². The van der Waals surface area contributed by atoms with E-state index in [1.807, 2.05) is 0 Å². The van der Waals surface area contributed by atoms with Crippen molar-refractivity contribution in [2.45, 2.75) is 91.1 Å². The van der Waals surface area contributed by atoms with Crippen LogP contribution in [0.15, 0.2) is 0 Å². The van der Waals surface area contributed by atoms with E-state index in [0.29, 0.717) is 0 Å². The van der Waals surface area contributed by atoms with Gasteiger partial charge in [0.1, 0.15) is 0 Å². The second-order valence-electron chi connectivity index (χ2n) is 5.98. The van der Waals surface area contributed by atoms with Crippen LogP contribution in [0.2, 0.25) is 0 Å². The lowest BCUT2D eigenvalue weighted by Crippen LogP contribution is -2.16. The molecule has 20 heavy (non-hydrogen) atoms. The van der Waals surface area contributed by atoms with Gasteiger partial charge in [-0.2, -0.15) is 0 Å². The Morgan fingerprint density at radius 3 is 1.80 bits per heavy atom. The third-order valence-electron chi connectivity index (χ3n) is 3.65. The summed E-state index contributed by atoms with van der Waals surface area (Å²) in [7, 11) is 0. The molecule has 1 saturated carbocycles. The molecule has 0 radical (unpaired) electrons. The van der Waals surface area contributed by atoms with Crippen LogP contribution in [0.4, 0.5) is 0 Å². The van der Waals surface area contributed by atoms with E-state index in [9.17, 15) is 0 Å². The summed E-state index contributed by atoms with van der Waals surface area (Å²) in [6, 6.07) is 0. The van der Waals surface area contributed by atoms with Crippen LogP contribution in [0.5, 0.6) is 0 Å². The molecule has 0 bridgehead atoms. The molecule has 1 aliphatic carbocycles. The molecular formula is C17H36O3. The van der Waals surface area contributed by atoms with Crippen molar-refractivity contribution < 1.29 is 14.9 Å². The van der Waals surface area contributed by atoms with E-state index in [2.05, 4.69) is 20.8 Å². The van der Waals surface area contributed by atoms with E-state index in [0.717, 1.165) is 44.8 Å². The first-order valence-corrected chi connectivity index (χ1v) is 8.63. The average Bonchev–Trinajstić information content (AvgIpc) is 2.42. The second kappa shape index (κ2) is 15.3. The van der Waals surface area contributed by atoms with Gasteiger partial charge in [0, 0.05) is 0 Å². The zero-order valence-corrected chi connectivity index (χ0v) is 13.9. The standard InChI is InChI=1S/C10H22O2.C7H14O/c1-3-5-7-9-11-12-10-8-6-4-2;1-6-3-2-4-7(8)5-6/h3-10H2,1-2H3;6-8H,2-5H2,1H3. The molecule has 3 heteroatoms. The van der Waals surface area contributed by atoms with E-state index in [1.54, 1.807) is 0 Å². The summed E-state index contributed by atoms with van der Waals surface area (Å²) < 4.78 is 0.